The van der Waals surface area contributed by atoms with E-state index in [4.69, 9.17) is 9.47 Å². The zero-order chi connectivity index (χ0) is 14.3. The van der Waals surface area contributed by atoms with Crippen LogP contribution in [0.4, 0.5) is 0 Å². The first-order valence-electron chi connectivity index (χ1n) is 6.59. The van der Waals surface area contributed by atoms with E-state index >= 15 is 0 Å². The Morgan fingerprint density at radius 1 is 1.32 bits per heavy atom. The van der Waals surface area contributed by atoms with Gasteiger partial charge in [0.05, 0.1) is 7.11 Å². The Labute approximate surface area is 124 Å². The standard InChI is InChI=1S/C15H24BrNO2/c1-11(10-18-3)7-14(17-2)9-12-8-13(16)5-6-15(12)19-4/h5-6,8,11,14,17H,7,9-10H2,1-4H3. The molecule has 0 spiro atoms. The van der Waals surface area contributed by atoms with Gasteiger partial charge in [-0.3, -0.25) is 0 Å². The van der Waals surface area contributed by atoms with Crippen LogP contribution in [0.1, 0.15) is 18.9 Å². The molecule has 108 valence electrons. The molecule has 1 rings (SSSR count). The minimum absolute atomic E-state index is 0.424. The van der Waals surface area contributed by atoms with Crippen molar-refractivity contribution in [1.82, 2.24) is 5.32 Å². The third-order valence-electron chi connectivity index (χ3n) is 3.26. The van der Waals surface area contributed by atoms with Crippen molar-refractivity contribution in [2.24, 2.45) is 5.92 Å². The van der Waals surface area contributed by atoms with Gasteiger partial charge in [-0.25, -0.2) is 0 Å². The third kappa shape index (κ3) is 5.51. The number of hydrogen-bond donors (Lipinski definition) is 1. The summed E-state index contributed by atoms with van der Waals surface area (Å²) in [5.41, 5.74) is 1.22. The van der Waals surface area contributed by atoms with E-state index in [-0.39, 0.29) is 0 Å². The molecule has 1 aromatic carbocycles. The Bertz CT molecular complexity index is 384. The highest BCUT2D eigenvalue weighted by Gasteiger charge is 2.14. The number of nitrogens with one attached hydrogen (secondary N) is 1. The molecule has 0 saturated heterocycles. The van der Waals surface area contributed by atoms with Gasteiger partial charge in [0.2, 0.25) is 0 Å². The van der Waals surface area contributed by atoms with Crippen molar-refractivity contribution in [2.75, 3.05) is 27.9 Å². The highest BCUT2D eigenvalue weighted by Crippen LogP contribution is 2.25. The smallest absolute Gasteiger partial charge is 0.122 e. The van der Waals surface area contributed by atoms with Crippen LogP contribution in [-0.4, -0.2) is 33.9 Å². The molecule has 0 aliphatic rings. The summed E-state index contributed by atoms with van der Waals surface area (Å²) in [6, 6.07) is 6.56. The molecular formula is C15H24BrNO2. The number of halogens is 1. The lowest BCUT2D eigenvalue weighted by molar-refractivity contribution is 0.150. The second-order valence-electron chi connectivity index (χ2n) is 4.94. The molecule has 2 atom stereocenters. The number of benzene rings is 1. The highest BCUT2D eigenvalue weighted by molar-refractivity contribution is 9.10. The summed E-state index contributed by atoms with van der Waals surface area (Å²) in [5.74, 6) is 1.49. The van der Waals surface area contributed by atoms with Crippen LogP contribution >= 0.6 is 15.9 Å². The van der Waals surface area contributed by atoms with E-state index < -0.39 is 0 Å². The predicted molar refractivity (Wildman–Crippen MR) is 82.9 cm³/mol. The lowest BCUT2D eigenvalue weighted by Crippen LogP contribution is -2.30. The molecule has 0 amide bonds. The molecule has 0 bridgehead atoms. The third-order valence-corrected chi connectivity index (χ3v) is 3.75. The van der Waals surface area contributed by atoms with Crippen molar-refractivity contribution in [2.45, 2.75) is 25.8 Å². The summed E-state index contributed by atoms with van der Waals surface area (Å²) in [4.78, 5) is 0. The van der Waals surface area contributed by atoms with Crippen LogP contribution in [0.2, 0.25) is 0 Å². The maximum atomic E-state index is 5.42. The van der Waals surface area contributed by atoms with Crippen LogP contribution in [-0.2, 0) is 11.2 Å². The predicted octanol–water partition coefficient (Wildman–Crippen LogP) is 3.26. The second-order valence-corrected chi connectivity index (χ2v) is 5.86. The van der Waals surface area contributed by atoms with Crippen LogP contribution in [0.15, 0.2) is 22.7 Å². The molecule has 0 heterocycles. The van der Waals surface area contributed by atoms with E-state index in [0.29, 0.717) is 12.0 Å². The van der Waals surface area contributed by atoms with E-state index in [1.54, 1.807) is 14.2 Å². The Morgan fingerprint density at radius 2 is 2.05 bits per heavy atom. The van der Waals surface area contributed by atoms with E-state index in [1.165, 1.54) is 5.56 Å². The van der Waals surface area contributed by atoms with Gasteiger partial charge in [0, 0.05) is 24.2 Å². The zero-order valence-electron chi connectivity index (χ0n) is 12.2. The van der Waals surface area contributed by atoms with Crippen molar-refractivity contribution in [3.63, 3.8) is 0 Å². The molecule has 4 heteroatoms. The number of hydrogen-bond acceptors (Lipinski definition) is 3. The fourth-order valence-electron chi connectivity index (χ4n) is 2.31. The van der Waals surface area contributed by atoms with E-state index in [2.05, 4.69) is 34.2 Å². The summed E-state index contributed by atoms with van der Waals surface area (Å²) in [6.07, 6.45) is 2.03. The largest absolute Gasteiger partial charge is 0.496 e. The maximum absolute atomic E-state index is 5.42. The van der Waals surface area contributed by atoms with Crippen molar-refractivity contribution in [3.05, 3.63) is 28.2 Å². The van der Waals surface area contributed by atoms with Gasteiger partial charge in [-0.1, -0.05) is 22.9 Å². The molecule has 2 unspecified atom stereocenters. The van der Waals surface area contributed by atoms with Gasteiger partial charge >= 0.3 is 0 Å². The van der Waals surface area contributed by atoms with E-state index in [1.807, 2.05) is 19.2 Å². The van der Waals surface area contributed by atoms with E-state index in [9.17, 15) is 0 Å². The van der Waals surface area contributed by atoms with Crippen LogP contribution in [0, 0.1) is 5.92 Å². The second kappa shape index (κ2) is 8.56. The van der Waals surface area contributed by atoms with Crippen LogP contribution in [0.25, 0.3) is 0 Å². The molecule has 0 aliphatic heterocycles. The summed E-state index contributed by atoms with van der Waals surface area (Å²) in [7, 11) is 5.48. The SMILES string of the molecule is CNC(Cc1cc(Br)ccc1OC)CC(C)COC. The summed E-state index contributed by atoms with van der Waals surface area (Å²) >= 11 is 3.52. The molecule has 0 aliphatic carbocycles. The van der Waals surface area contributed by atoms with Crippen LogP contribution in [0.5, 0.6) is 5.75 Å². The first kappa shape index (κ1) is 16.5. The monoisotopic (exact) mass is 329 g/mol. The fraction of sp³-hybridized carbons (Fsp3) is 0.600. The van der Waals surface area contributed by atoms with Gasteiger partial charge in [0.15, 0.2) is 0 Å². The Morgan fingerprint density at radius 3 is 2.63 bits per heavy atom. The summed E-state index contributed by atoms with van der Waals surface area (Å²) < 4.78 is 11.7. The highest BCUT2D eigenvalue weighted by atomic mass is 79.9. The summed E-state index contributed by atoms with van der Waals surface area (Å²) in [5, 5.41) is 3.38. The molecular weight excluding hydrogens is 306 g/mol. The average Bonchev–Trinajstić information content (AvgIpc) is 2.38. The van der Waals surface area contributed by atoms with E-state index in [0.717, 1.165) is 29.7 Å². The van der Waals surface area contributed by atoms with Crippen molar-refractivity contribution < 1.29 is 9.47 Å². The number of likely N-dealkylation sites (N-methyl/N-ethyl adjacent to an activating group) is 1. The molecule has 0 fully saturated rings. The summed E-state index contributed by atoms with van der Waals surface area (Å²) in [6.45, 7) is 3.01. The van der Waals surface area contributed by atoms with Gasteiger partial charge in [-0.2, -0.15) is 0 Å². The Hall–Kier alpha value is -0.580. The lowest BCUT2D eigenvalue weighted by atomic mass is 9.96. The fourth-order valence-corrected chi connectivity index (χ4v) is 2.72. The average molecular weight is 330 g/mol. The first-order chi connectivity index (χ1) is 9.10. The minimum Gasteiger partial charge on any atom is -0.496 e. The van der Waals surface area contributed by atoms with Crippen molar-refractivity contribution >= 4 is 15.9 Å². The minimum atomic E-state index is 0.424. The lowest BCUT2D eigenvalue weighted by Gasteiger charge is -2.21. The normalized spacial score (nSPS) is 14.2. The number of ether oxygens (including phenoxy) is 2. The number of rotatable bonds is 8. The molecule has 19 heavy (non-hydrogen) atoms. The zero-order valence-corrected chi connectivity index (χ0v) is 13.8. The quantitative estimate of drug-likeness (QED) is 0.794. The van der Waals surface area contributed by atoms with Gasteiger partial charge in [-0.05, 0) is 49.6 Å². The van der Waals surface area contributed by atoms with Crippen molar-refractivity contribution in [1.29, 1.82) is 0 Å². The van der Waals surface area contributed by atoms with Crippen LogP contribution in [0.3, 0.4) is 0 Å². The molecule has 1 N–H and O–H groups in total. The van der Waals surface area contributed by atoms with Crippen LogP contribution < -0.4 is 10.1 Å². The molecule has 0 saturated carbocycles. The number of methoxy groups -OCH3 is 2. The Balaban J connectivity index is 2.72. The Kier molecular flexibility index (Phi) is 7.42. The van der Waals surface area contributed by atoms with Gasteiger partial charge < -0.3 is 14.8 Å². The van der Waals surface area contributed by atoms with Gasteiger partial charge in [0.1, 0.15) is 5.75 Å². The van der Waals surface area contributed by atoms with Crippen molar-refractivity contribution in [3.8, 4) is 5.75 Å². The maximum Gasteiger partial charge on any atom is 0.122 e. The van der Waals surface area contributed by atoms with Gasteiger partial charge in [0.25, 0.3) is 0 Å². The van der Waals surface area contributed by atoms with Gasteiger partial charge in [-0.15, -0.1) is 0 Å². The molecule has 1 aromatic rings. The molecule has 0 radical (unpaired) electrons. The molecule has 3 nitrogen and oxygen atoms in total. The topological polar surface area (TPSA) is 30.5 Å². The molecule has 0 aromatic heterocycles. The first-order valence-corrected chi connectivity index (χ1v) is 7.38.